The van der Waals surface area contributed by atoms with Crippen molar-refractivity contribution < 1.29 is 22.7 Å². The zero-order valence-electron chi connectivity index (χ0n) is 19.4. The normalized spacial score (nSPS) is 11.2. The number of nitrogens with one attached hydrogen (secondary N) is 1. The van der Waals surface area contributed by atoms with Gasteiger partial charge in [0.05, 0.1) is 36.1 Å². The van der Waals surface area contributed by atoms with Crippen molar-refractivity contribution in [2.75, 3.05) is 25.3 Å². The SMILES string of the molecule is COc1ccc(-n2c(SCC(=O)Nc3cccc(S(N)(=O)=O)c3)nnc2-c2ccccc2OC)cc1. The Bertz CT molecular complexity index is 1490. The van der Waals surface area contributed by atoms with Crippen molar-refractivity contribution in [3.8, 4) is 28.6 Å². The van der Waals surface area contributed by atoms with Gasteiger partial charge >= 0.3 is 0 Å². The summed E-state index contributed by atoms with van der Waals surface area (Å²) in [5.41, 5.74) is 1.82. The fourth-order valence-corrected chi connectivity index (χ4v) is 4.72. The first kappa shape index (κ1) is 25.2. The van der Waals surface area contributed by atoms with Crippen LogP contribution < -0.4 is 19.9 Å². The van der Waals surface area contributed by atoms with Gasteiger partial charge in [0.2, 0.25) is 15.9 Å². The quantitative estimate of drug-likeness (QED) is 0.317. The molecule has 4 rings (SSSR count). The number of sulfonamides is 1. The summed E-state index contributed by atoms with van der Waals surface area (Å²) in [6.07, 6.45) is 0. The second-order valence-electron chi connectivity index (χ2n) is 7.45. The van der Waals surface area contributed by atoms with Crippen LogP contribution in [0.5, 0.6) is 11.5 Å². The van der Waals surface area contributed by atoms with Gasteiger partial charge in [-0.05, 0) is 54.6 Å². The van der Waals surface area contributed by atoms with Crippen LogP contribution >= 0.6 is 11.8 Å². The van der Waals surface area contributed by atoms with E-state index in [2.05, 4.69) is 15.5 Å². The van der Waals surface area contributed by atoms with Gasteiger partial charge in [0.15, 0.2) is 11.0 Å². The number of methoxy groups -OCH3 is 2. The Morgan fingerprint density at radius 3 is 2.44 bits per heavy atom. The molecule has 4 aromatic rings. The highest BCUT2D eigenvalue weighted by Gasteiger charge is 2.20. The number of anilines is 1. The van der Waals surface area contributed by atoms with Crippen LogP contribution in [0.1, 0.15) is 0 Å². The van der Waals surface area contributed by atoms with E-state index in [0.29, 0.717) is 28.2 Å². The Balaban J connectivity index is 1.62. The number of ether oxygens (including phenoxy) is 2. The minimum atomic E-state index is -3.88. The number of primary sulfonamides is 1. The molecule has 12 heteroatoms. The topological polar surface area (TPSA) is 138 Å². The molecule has 1 aromatic heterocycles. The summed E-state index contributed by atoms with van der Waals surface area (Å²) in [6.45, 7) is 0. The number of benzene rings is 3. The first-order valence-electron chi connectivity index (χ1n) is 10.6. The van der Waals surface area contributed by atoms with Crippen LogP contribution in [0.15, 0.2) is 82.8 Å². The average Bonchev–Trinajstić information content (AvgIpc) is 3.31. The van der Waals surface area contributed by atoms with E-state index in [1.807, 2.05) is 53.1 Å². The molecule has 0 saturated heterocycles. The highest BCUT2D eigenvalue weighted by molar-refractivity contribution is 7.99. The van der Waals surface area contributed by atoms with Crippen LogP contribution in [0.3, 0.4) is 0 Å². The molecule has 3 N–H and O–H groups in total. The molecule has 1 amide bonds. The molecular weight excluding hydrogens is 502 g/mol. The number of para-hydroxylation sites is 1. The first-order valence-corrected chi connectivity index (χ1v) is 13.1. The molecule has 3 aromatic carbocycles. The van der Waals surface area contributed by atoms with Crippen LogP contribution in [0.2, 0.25) is 0 Å². The number of hydrogen-bond donors (Lipinski definition) is 2. The van der Waals surface area contributed by atoms with Gasteiger partial charge < -0.3 is 14.8 Å². The monoisotopic (exact) mass is 525 g/mol. The van der Waals surface area contributed by atoms with Crippen LogP contribution in [-0.4, -0.2) is 49.1 Å². The molecule has 0 bridgehead atoms. The van der Waals surface area contributed by atoms with E-state index in [-0.39, 0.29) is 16.6 Å². The fraction of sp³-hybridized carbons (Fsp3) is 0.125. The van der Waals surface area contributed by atoms with Gasteiger partial charge in [0.25, 0.3) is 0 Å². The van der Waals surface area contributed by atoms with Crippen molar-refractivity contribution in [2.45, 2.75) is 10.1 Å². The third kappa shape index (κ3) is 5.67. The largest absolute Gasteiger partial charge is 0.497 e. The maximum Gasteiger partial charge on any atom is 0.238 e. The van der Waals surface area contributed by atoms with Gasteiger partial charge in [-0.3, -0.25) is 9.36 Å². The third-order valence-electron chi connectivity index (χ3n) is 5.09. The molecule has 0 spiro atoms. The number of rotatable bonds is 9. The fourth-order valence-electron chi connectivity index (χ4n) is 3.41. The van der Waals surface area contributed by atoms with Crippen molar-refractivity contribution in [3.63, 3.8) is 0 Å². The second-order valence-corrected chi connectivity index (χ2v) is 9.95. The molecule has 10 nitrogen and oxygen atoms in total. The highest BCUT2D eigenvalue weighted by atomic mass is 32.2. The molecule has 0 aliphatic heterocycles. The molecule has 186 valence electrons. The Hall–Kier alpha value is -3.87. The molecule has 0 unspecified atom stereocenters. The van der Waals surface area contributed by atoms with Gasteiger partial charge in [-0.15, -0.1) is 10.2 Å². The number of aromatic nitrogens is 3. The Kier molecular flexibility index (Phi) is 7.58. The Morgan fingerprint density at radius 2 is 1.75 bits per heavy atom. The van der Waals surface area contributed by atoms with Crippen molar-refractivity contribution in [1.82, 2.24) is 14.8 Å². The molecule has 0 radical (unpaired) electrons. The summed E-state index contributed by atoms with van der Waals surface area (Å²) < 4.78 is 35.8. The van der Waals surface area contributed by atoms with Gasteiger partial charge in [0, 0.05) is 5.69 Å². The number of thioether (sulfide) groups is 1. The molecule has 0 aliphatic rings. The molecule has 0 fully saturated rings. The predicted molar refractivity (Wildman–Crippen MR) is 137 cm³/mol. The molecule has 0 atom stereocenters. The third-order valence-corrected chi connectivity index (χ3v) is 6.93. The van der Waals surface area contributed by atoms with Crippen molar-refractivity contribution in [2.24, 2.45) is 5.14 Å². The number of carbonyl (C=O) groups excluding carboxylic acids is 1. The molecule has 0 saturated carbocycles. The van der Waals surface area contributed by atoms with E-state index in [1.165, 1.54) is 30.0 Å². The Labute approximate surface area is 212 Å². The van der Waals surface area contributed by atoms with E-state index in [0.717, 1.165) is 11.3 Å². The lowest BCUT2D eigenvalue weighted by Gasteiger charge is -2.13. The number of amides is 1. The van der Waals surface area contributed by atoms with Gasteiger partial charge in [-0.1, -0.05) is 30.0 Å². The maximum atomic E-state index is 12.6. The summed E-state index contributed by atoms with van der Waals surface area (Å²) in [5.74, 6) is 1.51. The highest BCUT2D eigenvalue weighted by Crippen LogP contribution is 2.33. The lowest BCUT2D eigenvalue weighted by atomic mass is 10.2. The van der Waals surface area contributed by atoms with E-state index < -0.39 is 10.0 Å². The number of hydrogen-bond acceptors (Lipinski definition) is 8. The van der Waals surface area contributed by atoms with E-state index in [9.17, 15) is 13.2 Å². The average molecular weight is 526 g/mol. The smallest absolute Gasteiger partial charge is 0.238 e. The minimum absolute atomic E-state index is 0.000183. The lowest BCUT2D eigenvalue weighted by Crippen LogP contribution is -2.16. The molecule has 36 heavy (non-hydrogen) atoms. The van der Waals surface area contributed by atoms with Crippen molar-refractivity contribution in [3.05, 3.63) is 72.8 Å². The second kappa shape index (κ2) is 10.8. The number of nitrogens with zero attached hydrogens (tertiary/aromatic N) is 3. The van der Waals surface area contributed by atoms with Crippen LogP contribution in [0.25, 0.3) is 17.1 Å². The summed E-state index contributed by atoms with van der Waals surface area (Å²) >= 11 is 1.18. The zero-order chi connectivity index (χ0) is 25.7. The van der Waals surface area contributed by atoms with Gasteiger partial charge in [-0.25, -0.2) is 13.6 Å². The summed E-state index contributed by atoms with van der Waals surface area (Å²) in [5, 5.41) is 17.0. The van der Waals surface area contributed by atoms with Gasteiger partial charge in [0.1, 0.15) is 11.5 Å². The summed E-state index contributed by atoms with van der Waals surface area (Å²) in [6, 6.07) is 20.6. The van der Waals surface area contributed by atoms with Crippen LogP contribution in [0, 0.1) is 0 Å². The van der Waals surface area contributed by atoms with E-state index in [1.54, 1.807) is 20.3 Å². The van der Waals surface area contributed by atoms with Crippen LogP contribution in [0.4, 0.5) is 5.69 Å². The van der Waals surface area contributed by atoms with Crippen LogP contribution in [-0.2, 0) is 14.8 Å². The van der Waals surface area contributed by atoms with Crippen molar-refractivity contribution >= 4 is 33.4 Å². The molecule has 0 aliphatic carbocycles. The number of carbonyl (C=O) groups is 1. The van der Waals surface area contributed by atoms with Gasteiger partial charge in [-0.2, -0.15) is 0 Å². The first-order chi connectivity index (χ1) is 17.3. The molecular formula is C24H23N5O5S2. The standard InChI is InChI=1S/C24H23N5O5S2/c1-33-18-12-10-17(11-13-18)29-23(20-8-3-4-9-21(20)34-2)27-28-24(29)35-15-22(30)26-16-6-5-7-19(14-16)36(25,31)32/h3-14H,15H2,1-2H3,(H,26,30)(H2,25,31,32). The Morgan fingerprint density at radius 1 is 1.00 bits per heavy atom. The number of nitrogens with two attached hydrogens (primary N) is 1. The maximum absolute atomic E-state index is 12.6. The summed E-state index contributed by atoms with van der Waals surface area (Å²) in [7, 11) is -0.713. The predicted octanol–water partition coefficient (Wildman–Crippen LogP) is 3.33. The summed E-state index contributed by atoms with van der Waals surface area (Å²) in [4.78, 5) is 12.6. The van der Waals surface area contributed by atoms with E-state index in [4.69, 9.17) is 14.6 Å². The minimum Gasteiger partial charge on any atom is -0.497 e. The van der Waals surface area contributed by atoms with E-state index >= 15 is 0 Å². The molecule has 1 heterocycles. The zero-order valence-corrected chi connectivity index (χ0v) is 21.0. The lowest BCUT2D eigenvalue weighted by molar-refractivity contribution is -0.113. The van der Waals surface area contributed by atoms with Crippen molar-refractivity contribution in [1.29, 1.82) is 0 Å².